The minimum absolute atomic E-state index is 0.384. The monoisotopic (exact) mass is 194 g/mol. The molecule has 1 aliphatic heterocycles. The molecule has 0 bridgehead atoms. The molecule has 2 atom stereocenters. The van der Waals surface area contributed by atoms with Crippen LogP contribution < -0.4 is 5.32 Å². The van der Waals surface area contributed by atoms with Crippen molar-refractivity contribution in [1.29, 1.82) is 0 Å². The molecule has 0 aliphatic carbocycles. The predicted molar refractivity (Wildman–Crippen MR) is 55.0 cm³/mol. The average Bonchev–Trinajstić information content (AvgIpc) is 2.56. The topological polar surface area (TPSA) is 42.7 Å². The van der Waals surface area contributed by atoms with Gasteiger partial charge in [0.2, 0.25) is 0 Å². The smallest absolute Gasteiger partial charge is 0.147 e. The molecule has 1 aromatic rings. The van der Waals surface area contributed by atoms with E-state index in [-0.39, 0.29) is 0 Å². The normalized spacial score (nSPS) is 23.2. The van der Waals surface area contributed by atoms with E-state index in [9.17, 15) is 0 Å². The molecule has 1 aromatic heterocycles. The van der Waals surface area contributed by atoms with Crippen LogP contribution in [0.1, 0.15) is 38.0 Å². The van der Waals surface area contributed by atoms with Crippen molar-refractivity contribution in [2.75, 3.05) is 6.54 Å². The summed E-state index contributed by atoms with van der Waals surface area (Å²) in [5.74, 6) is 2.62. The number of hydrogen-bond donors (Lipinski definition) is 1. The number of nitrogens with zero attached hydrogens (tertiary/aromatic N) is 3. The maximum Gasteiger partial charge on any atom is 0.147 e. The van der Waals surface area contributed by atoms with Crippen molar-refractivity contribution in [2.45, 2.75) is 39.8 Å². The second kappa shape index (κ2) is 3.69. The van der Waals surface area contributed by atoms with Crippen LogP contribution in [0.15, 0.2) is 0 Å². The van der Waals surface area contributed by atoms with E-state index in [0.29, 0.717) is 12.0 Å². The number of fused-ring (bicyclic) bond motifs is 1. The molecule has 78 valence electrons. The quantitative estimate of drug-likeness (QED) is 0.771. The van der Waals surface area contributed by atoms with Crippen LogP contribution in [-0.2, 0) is 6.54 Å². The van der Waals surface area contributed by atoms with Gasteiger partial charge in [-0.15, -0.1) is 0 Å². The third kappa shape index (κ3) is 1.54. The fourth-order valence-electron chi connectivity index (χ4n) is 1.98. The molecule has 1 aliphatic rings. The largest absolute Gasteiger partial charge is 0.305 e. The van der Waals surface area contributed by atoms with Gasteiger partial charge in [-0.05, 0) is 12.8 Å². The van der Waals surface area contributed by atoms with Crippen molar-refractivity contribution in [3.05, 3.63) is 11.6 Å². The molecule has 4 nitrogen and oxygen atoms in total. The number of aromatic nitrogens is 3. The van der Waals surface area contributed by atoms with Gasteiger partial charge >= 0.3 is 0 Å². The van der Waals surface area contributed by atoms with Crippen molar-refractivity contribution in [3.63, 3.8) is 0 Å². The van der Waals surface area contributed by atoms with Crippen LogP contribution in [0.25, 0.3) is 0 Å². The summed E-state index contributed by atoms with van der Waals surface area (Å²) in [5.41, 5.74) is 0. The lowest BCUT2D eigenvalue weighted by Crippen LogP contribution is -2.37. The fraction of sp³-hybridized carbons (Fsp3) is 0.800. The molecule has 2 heterocycles. The number of aryl methyl sites for hydroxylation is 1. The summed E-state index contributed by atoms with van der Waals surface area (Å²) >= 11 is 0. The fourth-order valence-corrected chi connectivity index (χ4v) is 1.98. The van der Waals surface area contributed by atoms with Crippen molar-refractivity contribution >= 4 is 0 Å². The molecule has 2 unspecified atom stereocenters. The van der Waals surface area contributed by atoms with Crippen LogP contribution in [0.4, 0.5) is 0 Å². The van der Waals surface area contributed by atoms with Crippen molar-refractivity contribution in [1.82, 2.24) is 20.1 Å². The lowest BCUT2D eigenvalue weighted by atomic mass is 9.97. The van der Waals surface area contributed by atoms with Gasteiger partial charge in [0.15, 0.2) is 0 Å². The van der Waals surface area contributed by atoms with Gasteiger partial charge in [0, 0.05) is 6.54 Å². The Bertz CT molecular complexity index is 318. The van der Waals surface area contributed by atoms with E-state index in [1.807, 2.05) is 11.6 Å². The Hall–Kier alpha value is -0.900. The molecule has 0 fully saturated rings. The van der Waals surface area contributed by atoms with Gasteiger partial charge in [0.25, 0.3) is 0 Å². The highest BCUT2D eigenvalue weighted by Crippen LogP contribution is 2.24. The summed E-state index contributed by atoms with van der Waals surface area (Å²) in [6.45, 7) is 8.39. The van der Waals surface area contributed by atoms with Crippen molar-refractivity contribution in [3.8, 4) is 0 Å². The van der Waals surface area contributed by atoms with E-state index < -0.39 is 0 Å². The molecular weight excluding hydrogens is 176 g/mol. The highest BCUT2D eigenvalue weighted by molar-refractivity contribution is 5.02. The van der Waals surface area contributed by atoms with Gasteiger partial charge in [-0.25, -0.2) is 9.67 Å². The standard InChI is InChI=1S/C10H18N4/c1-4-7(2)9-10-12-8(3)13-14(10)6-5-11-9/h7,9,11H,4-6H2,1-3H3. The van der Waals surface area contributed by atoms with Gasteiger partial charge in [-0.3, -0.25) is 0 Å². The number of hydrogen-bond acceptors (Lipinski definition) is 3. The van der Waals surface area contributed by atoms with Gasteiger partial charge in [-0.2, -0.15) is 5.10 Å². The molecule has 1 N–H and O–H groups in total. The highest BCUT2D eigenvalue weighted by Gasteiger charge is 2.26. The van der Waals surface area contributed by atoms with Crippen LogP contribution >= 0.6 is 0 Å². The zero-order chi connectivity index (χ0) is 10.1. The molecule has 14 heavy (non-hydrogen) atoms. The summed E-state index contributed by atoms with van der Waals surface area (Å²) in [6, 6.07) is 0.384. The molecule has 2 rings (SSSR count). The minimum atomic E-state index is 0.384. The van der Waals surface area contributed by atoms with Crippen LogP contribution in [0.5, 0.6) is 0 Å². The first-order valence-corrected chi connectivity index (χ1v) is 5.37. The Kier molecular flexibility index (Phi) is 2.54. The summed E-state index contributed by atoms with van der Waals surface area (Å²) in [7, 11) is 0. The van der Waals surface area contributed by atoms with E-state index in [2.05, 4.69) is 29.2 Å². The van der Waals surface area contributed by atoms with Crippen LogP contribution in [0.3, 0.4) is 0 Å². The molecular formula is C10H18N4. The Morgan fingerprint density at radius 2 is 2.43 bits per heavy atom. The Morgan fingerprint density at radius 1 is 1.64 bits per heavy atom. The predicted octanol–water partition coefficient (Wildman–Crippen LogP) is 1.28. The summed E-state index contributed by atoms with van der Waals surface area (Å²) in [6.07, 6.45) is 1.17. The molecule has 0 radical (unpaired) electrons. The number of rotatable bonds is 2. The van der Waals surface area contributed by atoms with E-state index in [0.717, 1.165) is 24.7 Å². The van der Waals surface area contributed by atoms with Crippen molar-refractivity contribution < 1.29 is 0 Å². The SMILES string of the molecule is CCC(C)C1NCCn2nc(C)nc21. The second-order valence-corrected chi connectivity index (χ2v) is 4.06. The summed E-state index contributed by atoms with van der Waals surface area (Å²) in [5, 5.41) is 7.90. The highest BCUT2D eigenvalue weighted by atomic mass is 15.4. The molecule has 4 heteroatoms. The summed E-state index contributed by atoms with van der Waals surface area (Å²) in [4.78, 5) is 4.49. The maximum atomic E-state index is 4.49. The lowest BCUT2D eigenvalue weighted by molar-refractivity contribution is 0.305. The second-order valence-electron chi connectivity index (χ2n) is 4.06. The Labute approximate surface area is 84.7 Å². The third-order valence-electron chi connectivity index (χ3n) is 2.99. The van der Waals surface area contributed by atoms with E-state index in [4.69, 9.17) is 0 Å². The zero-order valence-electron chi connectivity index (χ0n) is 9.12. The minimum Gasteiger partial charge on any atom is -0.305 e. The maximum absolute atomic E-state index is 4.49. The average molecular weight is 194 g/mol. The molecule has 0 spiro atoms. The van der Waals surface area contributed by atoms with Gasteiger partial charge in [-0.1, -0.05) is 20.3 Å². The summed E-state index contributed by atoms with van der Waals surface area (Å²) < 4.78 is 2.04. The van der Waals surface area contributed by atoms with E-state index in [1.165, 1.54) is 6.42 Å². The molecule has 0 amide bonds. The van der Waals surface area contributed by atoms with E-state index >= 15 is 0 Å². The lowest BCUT2D eigenvalue weighted by Gasteiger charge is -2.27. The van der Waals surface area contributed by atoms with Crippen LogP contribution in [-0.4, -0.2) is 21.3 Å². The van der Waals surface area contributed by atoms with E-state index in [1.54, 1.807) is 0 Å². The first-order valence-electron chi connectivity index (χ1n) is 5.37. The Balaban J connectivity index is 2.30. The van der Waals surface area contributed by atoms with Crippen molar-refractivity contribution in [2.24, 2.45) is 5.92 Å². The first kappa shape index (κ1) is 9.65. The van der Waals surface area contributed by atoms with Gasteiger partial charge in [0.05, 0.1) is 12.6 Å². The molecule has 0 saturated heterocycles. The van der Waals surface area contributed by atoms with Gasteiger partial charge < -0.3 is 5.32 Å². The first-order chi connectivity index (χ1) is 6.72. The Morgan fingerprint density at radius 3 is 3.14 bits per heavy atom. The van der Waals surface area contributed by atoms with Crippen LogP contribution in [0, 0.1) is 12.8 Å². The zero-order valence-corrected chi connectivity index (χ0v) is 9.12. The van der Waals surface area contributed by atoms with Crippen LogP contribution in [0.2, 0.25) is 0 Å². The molecule has 0 saturated carbocycles. The number of nitrogens with one attached hydrogen (secondary N) is 1. The van der Waals surface area contributed by atoms with Gasteiger partial charge in [0.1, 0.15) is 11.6 Å². The molecule has 0 aromatic carbocycles. The third-order valence-corrected chi connectivity index (χ3v) is 2.99.